The van der Waals surface area contributed by atoms with Crippen LogP contribution in [0.1, 0.15) is 24.0 Å². The van der Waals surface area contributed by atoms with Gasteiger partial charge in [-0.1, -0.05) is 0 Å². The number of hydrogen-bond donors (Lipinski definition) is 0. The molecular formula is C11H12N2. The summed E-state index contributed by atoms with van der Waals surface area (Å²) in [7, 11) is 0. The zero-order valence-electron chi connectivity index (χ0n) is 7.53. The molecule has 0 saturated carbocycles. The van der Waals surface area contributed by atoms with Gasteiger partial charge in [0.2, 0.25) is 0 Å². The van der Waals surface area contributed by atoms with E-state index in [1.807, 2.05) is 12.5 Å². The highest BCUT2D eigenvalue weighted by Gasteiger charge is 2.09. The van der Waals surface area contributed by atoms with Crippen molar-refractivity contribution in [2.24, 2.45) is 0 Å². The van der Waals surface area contributed by atoms with Gasteiger partial charge in [-0.2, -0.15) is 0 Å². The second-order valence-corrected chi connectivity index (χ2v) is 3.76. The van der Waals surface area contributed by atoms with Crippen LogP contribution in [0.2, 0.25) is 0 Å². The minimum absolute atomic E-state index is 1.22. The highest BCUT2D eigenvalue weighted by Crippen LogP contribution is 2.22. The van der Waals surface area contributed by atoms with Crippen LogP contribution in [0.3, 0.4) is 0 Å². The van der Waals surface area contributed by atoms with Crippen LogP contribution in [0, 0.1) is 0 Å². The molecule has 66 valence electrons. The second-order valence-electron chi connectivity index (χ2n) is 3.76. The van der Waals surface area contributed by atoms with Crippen molar-refractivity contribution < 1.29 is 0 Å². The Morgan fingerprint density at radius 1 is 1.15 bits per heavy atom. The molecule has 0 fully saturated rings. The molecule has 13 heavy (non-hydrogen) atoms. The molecule has 1 aliphatic carbocycles. The molecule has 2 aromatic heterocycles. The predicted octanol–water partition coefficient (Wildman–Crippen LogP) is 2.21. The van der Waals surface area contributed by atoms with Crippen LogP contribution in [0.15, 0.2) is 24.8 Å². The summed E-state index contributed by atoms with van der Waals surface area (Å²) < 4.78 is 2.12. The maximum absolute atomic E-state index is 4.14. The Kier molecular flexibility index (Phi) is 1.42. The van der Waals surface area contributed by atoms with Crippen molar-refractivity contribution in [2.75, 3.05) is 0 Å². The van der Waals surface area contributed by atoms with E-state index in [4.69, 9.17) is 0 Å². The van der Waals surface area contributed by atoms with Gasteiger partial charge in [0.1, 0.15) is 0 Å². The summed E-state index contributed by atoms with van der Waals surface area (Å²) in [6.07, 6.45) is 11.2. The summed E-state index contributed by atoms with van der Waals surface area (Å²) in [4.78, 5) is 4.14. The first-order valence-corrected chi connectivity index (χ1v) is 4.87. The van der Waals surface area contributed by atoms with Crippen LogP contribution in [0.4, 0.5) is 0 Å². The molecule has 2 aromatic rings. The fourth-order valence-electron chi connectivity index (χ4n) is 2.15. The van der Waals surface area contributed by atoms with Crippen molar-refractivity contribution in [2.45, 2.75) is 25.7 Å². The molecular weight excluding hydrogens is 160 g/mol. The topological polar surface area (TPSA) is 17.3 Å². The average molecular weight is 172 g/mol. The largest absolute Gasteiger partial charge is 0.306 e. The van der Waals surface area contributed by atoms with Crippen molar-refractivity contribution in [1.82, 2.24) is 9.38 Å². The van der Waals surface area contributed by atoms with Crippen LogP contribution < -0.4 is 0 Å². The lowest BCUT2D eigenvalue weighted by molar-refractivity contribution is 0.681. The third-order valence-corrected chi connectivity index (χ3v) is 2.87. The van der Waals surface area contributed by atoms with E-state index in [2.05, 4.69) is 21.6 Å². The summed E-state index contributed by atoms with van der Waals surface area (Å²) in [6, 6.07) is 2.28. The molecule has 0 N–H and O–H groups in total. The van der Waals surface area contributed by atoms with Gasteiger partial charge in [0.05, 0.1) is 18.0 Å². The maximum Gasteiger partial charge on any atom is 0.0992 e. The summed E-state index contributed by atoms with van der Waals surface area (Å²) in [5.74, 6) is 0. The fourth-order valence-corrected chi connectivity index (χ4v) is 2.15. The van der Waals surface area contributed by atoms with Crippen LogP contribution in [-0.2, 0) is 12.8 Å². The van der Waals surface area contributed by atoms with E-state index in [9.17, 15) is 0 Å². The summed E-state index contributed by atoms with van der Waals surface area (Å²) in [6.45, 7) is 0. The highest BCUT2D eigenvalue weighted by molar-refractivity contribution is 5.49. The zero-order valence-corrected chi connectivity index (χ0v) is 7.53. The third kappa shape index (κ3) is 1.05. The van der Waals surface area contributed by atoms with Crippen LogP contribution in [0.25, 0.3) is 5.52 Å². The summed E-state index contributed by atoms with van der Waals surface area (Å²) in [5, 5.41) is 0. The summed E-state index contributed by atoms with van der Waals surface area (Å²) >= 11 is 0. The molecule has 2 heterocycles. The quantitative estimate of drug-likeness (QED) is 0.595. The number of imidazole rings is 1. The molecule has 0 unspecified atom stereocenters. The minimum Gasteiger partial charge on any atom is -0.306 e. The number of pyridine rings is 1. The van der Waals surface area contributed by atoms with Gasteiger partial charge in [-0.25, -0.2) is 4.98 Å². The fraction of sp³-hybridized carbons (Fsp3) is 0.364. The molecule has 2 nitrogen and oxygen atoms in total. The molecule has 0 saturated heterocycles. The number of aromatic nitrogens is 2. The van der Waals surface area contributed by atoms with Crippen molar-refractivity contribution in [1.29, 1.82) is 0 Å². The van der Waals surface area contributed by atoms with E-state index < -0.39 is 0 Å². The molecule has 0 spiro atoms. The van der Waals surface area contributed by atoms with Crippen molar-refractivity contribution in [3.05, 3.63) is 35.9 Å². The third-order valence-electron chi connectivity index (χ3n) is 2.87. The van der Waals surface area contributed by atoms with E-state index in [1.54, 1.807) is 0 Å². The van der Waals surface area contributed by atoms with Crippen molar-refractivity contribution >= 4 is 5.52 Å². The lowest BCUT2D eigenvalue weighted by atomic mass is 9.93. The maximum atomic E-state index is 4.14. The average Bonchev–Trinajstić information content (AvgIpc) is 2.61. The van der Waals surface area contributed by atoms with E-state index in [1.165, 1.54) is 42.3 Å². The second kappa shape index (κ2) is 2.59. The Morgan fingerprint density at radius 3 is 2.92 bits per heavy atom. The zero-order chi connectivity index (χ0) is 8.67. The molecule has 0 aliphatic heterocycles. The predicted molar refractivity (Wildman–Crippen MR) is 51.8 cm³/mol. The Labute approximate surface area is 77.2 Å². The van der Waals surface area contributed by atoms with E-state index in [-0.39, 0.29) is 0 Å². The molecule has 1 aliphatic rings. The van der Waals surface area contributed by atoms with Crippen LogP contribution in [0.5, 0.6) is 0 Å². The smallest absolute Gasteiger partial charge is 0.0992 e. The standard InChI is InChI=1S/C11H12N2/c1-2-4-10-7-13-8-12-6-11(13)5-9(10)3-1/h5-8H,1-4H2. The van der Waals surface area contributed by atoms with Gasteiger partial charge < -0.3 is 4.40 Å². The Morgan fingerprint density at radius 2 is 2.00 bits per heavy atom. The normalized spacial score (nSPS) is 16.0. The number of rotatable bonds is 0. The molecule has 2 heteroatoms. The van der Waals surface area contributed by atoms with Gasteiger partial charge in [-0.15, -0.1) is 0 Å². The molecule has 0 amide bonds. The number of nitrogens with zero attached hydrogens (tertiary/aromatic N) is 2. The van der Waals surface area contributed by atoms with E-state index >= 15 is 0 Å². The Balaban J connectivity index is 2.28. The molecule has 3 rings (SSSR count). The van der Waals surface area contributed by atoms with Gasteiger partial charge in [0.25, 0.3) is 0 Å². The molecule has 0 atom stereocenters. The van der Waals surface area contributed by atoms with Crippen molar-refractivity contribution in [3.63, 3.8) is 0 Å². The lowest BCUT2D eigenvalue weighted by Gasteiger charge is -2.15. The van der Waals surface area contributed by atoms with E-state index in [0.717, 1.165) is 0 Å². The first-order chi connectivity index (χ1) is 6.43. The van der Waals surface area contributed by atoms with E-state index in [0.29, 0.717) is 0 Å². The molecule has 0 radical (unpaired) electrons. The van der Waals surface area contributed by atoms with Gasteiger partial charge >= 0.3 is 0 Å². The minimum atomic E-state index is 1.22. The molecule has 0 bridgehead atoms. The van der Waals surface area contributed by atoms with Crippen LogP contribution in [-0.4, -0.2) is 9.38 Å². The SMILES string of the molecule is c1ncn2cc3c(cc12)CCCC3. The monoisotopic (exact) mass is 172 g/mol. The number of hydrogen-bond acceptors (Lipinski definition) is 1. The first kappa shape index (κ1) is 7.13. The van der Waals surface area contributed by atoms with Gasteiger partial charge in [0.15, 0.2) is 0 Å². The first-order valence-electron chi connectivity index (χ1n) is 4.87. The number of aryl methyl sites for hydroxylation is 2. The Hall–Kier alpha value is -1.31. The lowest BCUT2D eigenvalue weighted by Crippen LogP contribution is -2.03. The molecule has 0 aromatic carbocycles. The van der Waals surface area contributed by atoms with Crippen molar-refractivity contribution in [3.8, 4) is 0 Å². The summed E-state index contributed by atoms with van der Waals surface area (Å²) in [5.41, 5.74) is 4.26. The highest BCUT2D eigenvalue weighted by atomic mass is 15.0. The number of fused-ring (bicyclic) bond motifs is 2. The Bertz CT molecular complexity index is 402. The van der Waals surface area contributed by atoms with Gasteiger partial charge in [0, 0.05) is 6.20 Å². The van der Waals surface area contributed by atoms with Crippen LogP contribution >= 0.6 is 0 Å². The van der Waals surface area contributed by atoms with Gasteiger partial charge in [-0.3, -0.25) is 0 Å². The van der Waals surface area contributed by atoms with Gasteiger partial charge in [-0.05, 0) is 42.9 Å².